The molecule has 3 nitrogen and oxygen atoms in total. The van der Waals surface area contributed by atoms with Gasteiger partial charge in [0.15, 0.2) is 0 Å². The second kappa shape index (κ2) is 7.35. The van der Waals surface area contributed by atoms with Gasteiger partial charge >= 0.3 is 0 Å². The van der Waals surface area contributed by atoms with Gasteiger partial charge in [0, 0.05) is 12.3 Å². The highest BCUT2D eigenvalue weighted by Crippen LogP contribution is 2.14. The maximum atomic E-state index is 11.6. The Bertz CT molecular complexity index is 368. The Hall–Kier alpha value is -1.000. The first-order chi connectivity index (χ1) is 8.13. The van der Waals surface area contributed by atoms with Crippen LogP contribution in [-0.2, 0) is 4.79 Å². The van der Waals surface area contributed by atoms with E-state index in [0.717, 1.165) is 17.0 Å². The van der Waals surface area contributed by atoms with Crippen LogP contribution in [0.4, 0.5) is 5.69 Å². The van der Waals surface area contributed by atoms with Crippen molar-refractivity contribution in [3.05, 3.63) is 29.8 Å². The summed E-state index contributed by atoms with van der Waals surface area (Å²) in [7, 11) is 0. The van der Waals surface area contributed by atoms with Gasteiger partial charge in [-0.2, -0.15) is 11.8 Å². The van der Waals surface area contributed by atoms with Gasteiger partial charge in [0.1, 0.15) is 0 Å². The molecule has 0 bridgehead atoms. The number of nitrogens with one attached hydrogen (secondary N) is 1. The number of aryl methyl sites for hydroxylation is 1. The van der Waals surface area contributed by atoms with Crippen molar-refractivity contribution in [1.29, 1.82) is 0 Å². The van der Waals surface area contributed by atoms with Gasteiger partial charge in [-0.25, -0.2) is 0 Å². The summed E-state index contributed by atoms with van der Waals surface area (Å²) in [6.07, 6.45) is 0. The van der Waals surface area contributed by atoms with Crippen LogP contribution < -0.4 is 5.32 Å². The lowest BCUT2D eigenvalue weighted by molar-refractivity contribution is -0.113. The molecule has 1 atom stereocenters. The van der Waals surface area contributed by atoms with E-state index in [-0.39, 0.29) is 18.4 Å². The molecule has 1 unspecified atom stereocenters. The molecular weight excluding hydrogens is 234 g/mol. The molecule has 94 valence electrons. The van der Waals surface area contributed by atoms with E-state index in [2.05, 4.69) is 5.32 Å². The van der Waals surface area contributed by atoms with Gasteiger partial charge in [-0.15, -0.1) is 0 Å². The highest BCUT2D eigenvalue weighted by molar-refractivity contribution is 7.99. The minimum atomic E-state index is 0.00874. The SMILES string of the molecule is Cc1ccccc1NC(=O)CSCC(C)CO. The molecule has 0 saturated heterocycles. The predicted molar refractivity (Wildman–Crippen MR) is 73.4 cm³/mol. The fraction of sp³-hybridized carbons (Fsp3) is 0.462. The highest BCUT2D eigenvalue weighted by atomic mass is 32.2. The zero-order chi connectivity index (χ0) is 12.7. The standard InChI is InChI=1S/C13H19NO2S/c1-10(7-15)8-17-9-13(16)14-12-6-4-3-5-11(12)2/h3-6,10,15H,7-9H2,1-2H3,(H,14,16). The number of aliphatic hydroxyl groups is 1. The first-order valence-electron chi connectivity index (χ1n) is 5.67. The number of rotatable bonds is 6. The molecule has 1 aromatic rings. The fourth-order valence-electron chi connectivity index (χ4n) is 1.30. The Morgan fingerprint density at radius 1 is 1.47 bits per heavy atom. The van der Waals surface area contributed by atoms with Gasteiger partial charge in [0.2, 0.25) is 5.91 Å². The summed E-state index contributed by atoms with van der Waals surface area (Å²) in [6.45, 7) is 4.11. The molecule has 0 aliphatic heterocycles. The molecule has 1 amide bonds. The Morgan fingerprint density at radius 2 is 2.18 bits per heavy atom. The second-order valence-electron chi connectivity index (χ2n) is 4.17. The first kappa shape index (κ1) is 14.1. The van der Waals surface area contributed by atoms with Crippen LogP contribution in [0, 0.1) is 12.8 Å². The number of para-hydroxylation sites is 1. The number of hydrogen-bond donors (Lipinski definition) is 2. The van der Waals surface area contributed by atoms with Crippen LogP contribution in [0.2, 0.25) is 0 Å². The summed E-state index contributed by atoms with van der Waals surface area (Å²) in [5.74, 6) is 1.48. The van der Waals surface area contributed by atoms with E-state index in [9.17, 15) is 4.79 Å². The second-order valence-corrected chi connectivity index (χ2v) is 5.20. The van der Waals surface area contributed by atoms with Gasteiger partial charge in [-0.05, 0) is 30.2 Å². The smallest absolute Gasteiger partial charge is 0.234 e. The first-order valence-corrected chi connectivity index (χ1v) is 6.83. The normalized spacial score (nSPS) is 12.2. The molecule has 0 aliphatic carbocycles. The fourth-order valence-corrected chi connectivity index (χ4v) is 2.19. The van der Waals surface area contributed by atoms with Crippen LogP contribution in [0.25, 0.3) is 0 Å². The number of aliphatic hydroxyl groups excluding tert-OH is 1. The lowest BCUT2D eigenvalue weighted by Gasteiger charge is -2.09. The number of thioether (sulfide) groups is 1. The molecule has 17 heavy (non-hydrogen) atoms. The maximum Gasteiger partial charge on any atom is 0.234 e. The summed E-state index contributed by atoms with van der Waals surface area (Å²) in [6, 6.07) is 7.72. The quantitative estimate of drug-likeness (QED) is 0.818. The van der Waals surface area contributed by atoms with Gasteiger partial charge < -0.3 is 10.4 Å². The van der Waals surface area contributed by atoms with Crippen molar-refractivity contribution in [1.82, 2.24) is 0 Å². The van der Waals surface area contributed by atoms with E-state index >= 15 is 0 Å². The lowest BCUT2D eigenvalue weighted by atomic mass is 10.2. The number of amides is 1. The largest absolute Gasteiger partial charge is 0.396 e. The number of benzene rings is 1. The van der Waals surface area contributed by atoms with Gasteiger partial charge in [0.05, 0.1) is 5.75 Å². The molecule has 0 fully saturated rings. The molecule has 0 aliphatic rings. The molecule has 1 aromatic carbocycles. The topological polar surface area (TPSA) is 49.3 Å². The monoisotopic (exact) mass is 253 g/mol. The van der Waals surface area contributed by atoms with Gasteiger partial charge in [0.25, 0.3) is 0 Å². The number of carbonyl (C=O) groups is 1. The zero-order valence-electron chi connectivity index (χ0n) is 10.3. The van der Waals surface area contributed by atoms with Crippen LogP contribution >= 0.6 is 11.8 Å². The van der Waals surface area contributed by atoms with Crippen molar-refractivity contribution < 1.29 is 9.90 Å². The molecule has 4 heteroatoms. The van der Waals surface area contributed by atoms with Crippen LogP contribution in [0.15, 0.2) is 24.3 Å². The molecule has 2 N–H and O–H groups in total. The van der Waals surface area contributed by atoms with Gasteiger partial charge in [-0.3, -0.25) is 4.79 Å². The van der Waals surface area contributed by atoms with E-state index in [0.29, 0.717) is 5.75 Å². The Balaban J connectivity index is 2.33. The van der Waals surface area contributed by atoms with Crippen LogP contribution in [0.1, 0.15) is 12.5 Å². The predicted octanol–water partition coefficient (Wildman–Crippen LogP) is 2.30. The van der Waals surface area contributed by atoms with E-state index in [1.165, 1.54) is 0 Å². The van der Waals surface area contributed by atoms with Crippen LogP contribution in [0.5, 0.6) is 0 Å². The summed E-state index contributed by atoms with van der Waals surface area (Å²) in [5, 5.41) is 11.7. The molecule has 0 heterocycles. The average molecular weight is 253 g/mol. The third-order valence-electron chi connectivity index (χ3n) is 2.37. The summed E-state index contributed by atoms with van der Waals surface area (Å²) in [4.78, 5) is 11.6. The average Bonchev–Trinajstić information content (AvgIpc) is 2.32. The van der Waals surface area contributed by atoms with Crippen LogP contribution in [-0.4, -0.2) is 29.1 Å². The Labute approximate surface area is 107 Å². The van der Waals surface area contributed by atoms with Crippen molar-refractivity contribution in [2.24, 2.45) is 5.92 Å². The number of hydrogen-bond acceptors (Lipinski definition) is 3. The van der Waals surface area contributed by atoms with Crippen LogP contribution in [0.3, 0.4) is 0 Å². The van der Waals surface area contributed by atoms with E-state index in [4.69, 9.17) is 5.11 Å². The summed E-state index contributed by atoms with van der Waals surface area (Å²) >= 11 is 1.55. The van der Waals surface area contributed by atoms with Crippen molar-refractivity contribution in [2.75, 3.05) is 23.4 Å². The summed E-state index contributed by atoms with van der Waals surface area (Å²) in [5.41, 5.74) is 1.93. The molecule has 0 radical (unpaired) electrons. The number of anilines is 1. The molecule has 0 aromatic heterocycles. The number of carbonyl (C=O) groups excluding carboxylic acids is 1. The van der Waals surface area contributed by atoms with E-state index in [1.807, 2.05) is 38.1 Å². The van der Waals surface area contributed by atoms with Crippen molar-refractivity contribution in [3.8, 4) is 0 Å². The Morgan fingerprint density at radius 3 is 2.82 bits per heavy atom. The van der Waals surface area contributed by atoms with E-state index < -0.39 is 0 Å². The molecule has 0 saturated carbocycles. The highest BCUT2D eigenvalue weighted by Gasteiger charge is 2.06. The van der Waals surface area contributed by atoms with E-state index in [1.54, 1.807) is 11.8 Å². The molecule has 1 rings (SSSR count). The molecule has 0 spiro atoms. The van der Waals surface area contributed by atoms with Crippen molar-refractivity contribution in [3.63, 3.8) is 0 Å². The van der Waals surface area contributed by atoms with Crippen molar-refractivity contribution in [2.45, 2.75) is 13.8 Å². The Kier molecular flexibility index (Phi) is 6.08. The zero-order valence-corrected chi connectivity index (χ0v) is 11.1. The molecular formula is C13H19NO2S. The minimum absolute atomic E-state index is 0.00874. The third-order valence-corrected chi connectivity index (χ3v) is 3.64. The third kappa shape index (κ3) is 5.24. The van der Waals surface area contributed by atoms with Crippen molar-refractivity contribution >= 4 is 23.4 Å². The summed E-state index contributed by atoms with van der Waals surface area (Å²) < 4.78 is 0. The maximum absolute atomic E-state index is 11.6. The van der Waals surface area contributed by atoms with Gasteiger partial charge in [-0.1, -0.05) is 25.1 Å². The minimum Gasteiger partial charge on any atom is -0.396 e. The lowest BCUT2D eigenvalue weighted by Crippen LogP contribution is -2.16.